The molecule has 3 N–H and O–H groups in total. The van der Waals surface area contributed by atoms with Gasteiger partial charge in [0.2, 0.25) is 0 Å². The van der Waals surface area contributed by atoms with Crippen molar-refractivity contribution in [2.24, 2.45) is 28.6 Å². The zero-order valence-electron chi connectivity index (χ0n) is 28.1. The first-order chi connectivity index (χ1) is 21.2. The highest BCUT2D eigenvalue weighted by Gasteiger charge is 2.82. The summed E-state index contributed by atoms with van der Waals surface area (Å²) in [6.45, 7) is 14.2. The van der Waals surface area contributed by atoms with Gasteiger partial charge < -0.3 is 29.7 Å². The highest BCUT2D eigenvalue weighted by atomic mass is 16.6. The minimum atomic E-state index is -1.08. The summed E-state index contributed by atoms with van der Waals surface area (Å²) >= 11 is 0. The van der Waals surface area contributed by atoms with E-state index in [0.29, 0.717) is 24.0 Å². The van der Waals surface area contributed by atoms with E-state index < -0.39 is 29.3 Å². The average molecular weight is 625 g/mol. The van der Waals surface area contributed by atoms with Crippen molar-refractivity contribution in [3.8, 4) is 11.5 Å². The standard InChI is InChI=1S/C36H52N2O7/c1-8-20(2)27(29(39)40)37-31(41)44-23-12-11-22-17-25-34-13-14-36(43-7,24(18-34)33(6,42)32(3,4)5)30-35(34,26(22)28(23)45-30)15-16-38(25)19-21-9-10-21/h11-12,20-21,24-25,27,30,42H,8-10,13-19H2,1-7H3,(H,37,41)(H,39,40)/t20?,24-,25-,27-,30-,33-,34-,35+,36+/m1/s1. The molecule has 1 saturated heterocycles. The van der Waals surface area contributed by atoms with Gasteiger partial charge in [0.1, 0.15) is 17.7 Å². The van der Waals surface area contributed by atoms with E-state index in [4.69, 9.17) is 14.2 Å². The summed E-state index contributed by atoms with van der Waals surface area (Å²) in [5, 5.41) is 24.8. The first-order valence-corrected chi connectivity index (χ1v) is 17.2. The fourth-order valence-electron chi connectivity index (χ4n) is 10.6. The number of carboxylic acid groups (broad SMARTS) is 1. The van der Waals surface area contributed by atoms with Crippen LogP contribution < -0.4 is 14.8 Å². The molecule has 9 heteroatoms. The fourth-order valence-corrected chi connectivity index (χ4v) is 10.6. The second kappa shape index (κ2) is 10.1. The third-order valence-electron chi connectivity index (χ3n) is 13.8. The molecule has 9 nitrogen and oxygen atoms in total. The SMILES string of the molecule is CCC(C)[C@@H](NC(=O)Oc1ccc2c3c1O[C@H]1[C@]4(OC)CC[C@@]5(C[C@@H]4[C@@](C)(O)C(C)(C)C)[C@@H](C2)N(CC2CC2)CC[C@]315)C(=O)O. The lowest BCUT2D eigenvalue weighted by Gasteiger charge is -2.75. The maximum Gasteiger partial charge on any atom is 0.413 e. The number of aliphatic hydroxyl groups is 1. The summed E-state index contributed by atoms with van der Waals surface area (Å²) in [4.78, 5) is 27.9. The van der Waals surface area contributed by atoms with Crippen molar-refractivity contribution < 1.29 is 34.0 Å². The van der Waals surface area contributed by atoms with Gasteiger partial charge in [-0.2, -0.15) is 0 Å². The van der Waals surface area contributed by atoms with Crippen LogP contribution in [0.15, 0.2) is 12.1 Å². The molecule has 2 heterocycles. The zero-order chi connectivity index (χ0) is 32.3. The van der Waals surface area contributed by atoms with E-state index in [2.05, 4.69) is 37.1 Å². The number of carboxylic acids is 1. The molecule has 4 saturated carbocycles. The largest absolute Gasteiger partial charge is 0.482 e. The third kappa shape index (κ3) is 4.08. The zero-order valence-corrected chi connectivity index (χ0v) is 28.1. The minimum absolute atomic E-state index is 0.116. The number of amides is 1. The van der Waals surface area contributed by atoms with Crippen molar-refractivity contribution in [1.82, 2.24) is 10.2 Å². The van der Waals surface area contributed by atoms with E-state index in [0.717, 1.165) is 56.7 Å². The maximum absolute atomic E-state index is 13.2. The van der Waals surface area contributed by atoms with Crippen LogP contribution in [0, 0.1) is 28.6 Å². The molecule has 0 radical (unpaired) electrons. The lowest BCUT2D eigenvalue weighted by molar-refractivity contribution is -0.312. The molecule has 2 spiro atoms. The van der Waals surface area contributed by atoms with Gasteiger partial charge in [-0.1, -0.05) is 47.1 Å². The van der Waals surface area contributed by atoms with Crippen LogP contribution in [0.25, 0.3) is 0 Å². The molecule has 0 aromatic heterocycles. The van der Waals surface area contributed by atoms with Crippen LogP contribution in [0.2, 0.25) is 0 Å². The molecule has 9 atom stereocenters. The highest BCUT2D eigenvalue weighted by molar-refractivity contribution is 5.81. The van der Waals surface area contributed by atoms with E-state index in [9.17, 15) is 19.8 Å². The first kappa shape index (κ1) is 31.3. The summed E-state index contributed by atoms with van der Waals surface area (Å²) in [6, 6.07) is 3.21. The average Bonchev–Trinajstić information content (AvgIpc) is 3.73. The van der Waals surface area contributed by atoms with Crippen LogP contribution in [-0.2, 0) is 21.4 Å². The number of aliphatic carboxylic acids is 1. The van der Waals surface area contributed by atoms with Crippen molar-refractivity contribution in [2.75, 3.05) is 20.2 Å². The Morgan fingerprint density at radius 3 is 2.53 bits per heavy atom. The third-order valence-corrected chi connectivity index (χ3v) is 13.8. The Labute approximate surface area is 267 Å². The normalized spacial score (nSPS) is 37.2. The van der Waals surface area contributed by atoms with Gasteiger partial charge in [0.05, 0.1) is 5.60 Å². The second-order valence-corrected chi connectivity index (χ2v) is 16.5. The number of methoxy groups -OCH3 is 1. The summed E-state index contributed by atoms with van der Waals surface area (Å²) < 4.78 is 19.7. The molecular weight excluding hydrogens is 572 g/mol. The van der Waals surface area contributed by atoms with Crippen LogP contribution >= 0.6 is 0 Å². The molecule has 1 aromatic rings. The van der Waals surface area contributed by atoms with Gasteiger partial charge in [-0.25, -0.2) is 9.59 Å². The van der Waals surface area contributed by atoms with E-state index in [1.54, 1.807) is 14.0 Å². The smallest absolute Gasteiger partial charge is 0.413 e. The quantitative estimate of drug-likeness (QED) is 0.339. The number of nitrogens with one attached hydrogen (secondary N) is 1. The number of hydrogen-bond donors (Lipinski definition) is 3. The van der Waals surface area contributed by atoms with Crippen LogP contribution in [0.5, 0.6) is 11.5 Å². The molecule has 8 rings (SSSR count). The second-order valence-electron chi connectivity index (χ2n) is 16.5. The number of likely N-dealkylation sites (tertiary alicyclic amines) is 1. The molecule has 1 unspecified atom stereocenters. The van der Waals surface area contributed by atoms with Crippen molar-refractivity contribution in [2.45, 2.75) is 128 Å². The van der Waals surface area contributed by atoms with Gasteiger partial charge in [0, 0.05) is 42.0 Å². The number of benzene rings is 1. The molecular formula is C36H52N2O7. The van der Waals surface area contributed by atoms with Gasteiger partial charge >= 0.3 is 12.1 Å². The van der Waals surface area contributed by atoms with E-state index in [1.807, 2.05) is 19.9 Å². The predicted octanol–water partition coefficient (Wildman–Crippen LogP) is 5.30. The molecule has 2 aliphatic heterocycles. The highest BCUT2D eigenvalue weighted by Crippen LogP contribution is 2.78. The summed E-state index contributed by atoms with van der Waals surface area (Å²) in [5.74, 6) is 0.206. The number of fused-ring (bicyclic) bond motifs is 2. The predicted molar refractivity (Wildman–Crippen MR) is 169 cm³/mol. The fraction of sp³-hybridized carbons (Fsp3) is 0.778. The van der Waals surface area contributed by atoms with Crippen molar-refractivity contribution >= 4 is 12.1 Å². The molecule has 5 fully saturated rings. The number of piperidine rings is 1. The number of ether oxygens (including phenoxy) is 3. The molecule has 1 aromatic carbocycles. The van der Waals surface area contributed by atoms with Crippen molar-refractivity contribution in [1.29, 1.82) is 0 Å². The van der Waals surface area contributed by atoms with Crippen molar-refractivity contribution in [3.63, 3.8) is 0 Å². The Balaban J connectivity index is 1.35. The summed E-state index contributed by atoms with van der Waals surface area (Å²) in [5.41, 5.74) is -0.164. The number of rotatable bonds is 9. The van der Waals surface area contributed by atoms with Gasteiger partial charge in [0.25, 0.3) is 0 Å². The number of carbonyl (C=O) groups excluding carboxylic acids is 1. The van der Waals surface area contributed by atoms with E-state index in [1.165, 1.54) is 18.4 Å². The Bertz CT molecular complexity index is 1400. The monoisotopic (exact) mass is 624 g/mol. The van der Waals surface area contributed by atoms with Crippen molar-refractivity contribution in [3.05, 3.63) is 23.3 Å². The summed E-state index contributed by atoms with van der Waals surface area (Å²) in [6.07, 6.45) is 6.59. The lowest BCUT2D eigenvalue weighted by atomic mass is 9.33. The van der Waals surface area contributed by atoms with Gasteiger partial charge in [0.15, 0.2) is 11.5 Å². The molecule has 248 valence electrons. The van der Waals surface area contributed by atoms with E-state index >= 15 is 0 Å². The molecule has 4 bridgehead atoms. The molecule has 1 amide bonds. The Morgan fingerprint density at radius 1 is 1.18 bits per heavy atom. The molecule has 45 heavy (non-hydrogen) atoms. The maximum atomic E-state index is 13.2. The van der Waals surface area contributed by atoms with Crippen LogP contribution in [0.3, 0.4) is 0 Å². The Kier molecular flexibility index (Phi) is 6.99. The molecule has 7 aliphatic rings. The van der Waals surface area contributed by atoms with E-state index in [-0.39, 0.29) is 34.2 Å². The van der Waals surface area contributed by atoms with Crippen LogP contribution in [0.1, 0.15) is 97.6 Å². The minimum Gasteiger partial charge on any atom is -0.482 e. The molecule has 5 aliphatic carbocycles. The number of carbonyl (C=O) groups is 2. The van der Waals surface area contributed by atoms with Gasteiger partial charge in [-0.05, 0) is 87.3 Å². The number of nitrogens with zero attached hydrogens (tertiary/aromatic N) is 1. The van der Waals surface area contributed by atoms with Crippen LogP contribution in [-0.4, -0.2) is 76.8 Å². The van der Waals surface area contributed by atoms with Crippen LogP contribution in [0.4, 0.5) is 4.79 Å². The lowest BCUT2D eigenvalue weighted by Crippen LogP contribution is -2.83. The van der Waals surface area contributed by atoms with Gasteiger partial charge in [-0.3, -0.25) is 4.90 Å². The van der Waals surface area contributed by atoms with Gasteiger partial charge in [-0.15, -0.1) is 0 Å². The summed E-state index contributed by atoms with van der Waals surface area (Å²) in [7, 11) is 1.78. The Hall–Kier alpha value is -2.36. The Morgan fingerprint density at radius 2 is 1.91 bits per heavy atom. The topological polar surface area (TPSA) is 118 Å². The first-order valence-electron chi connectivity index (χ1n) is 17.2. The number of hydrogen-bond acceptors (Lipinski definition) is 7.